The van der Waals surface area contributed by atoms with Crippen LogP contribution in [0.5, 0.6) is 0 Å². The van der Waals surface area contributed by atoms with Crippen molar-refractivity contribution in [2.75, 3.05) is 30.4 Å². The van der Waals surface area contributed by atoms with E-state index in [1.807, 2.05) is 19.9 Å². The summed E-state index contributed by atoms with van der Waals surface area (Å²) in [7, 11) is 2.90. The highest BCUT2D eigenvalue weighted by Crippen LogP contribution is 2.32. The van der Waals surface area contributed by atoms with Crippen LogP contribution < -0.4 is 15.8 Å². The van der Waals surface area contributed by atoms with E-state index in [0.29, 0.717) is 22.5 Å². The van der Waals surface area contributed by atoms with E-state index in [1.54, 1.807) is 30.1 Å². The minimum atomic E-state index is -2.70. The smallest absolute Gasteiger partial charge is 0.358 e. The second-order valence-electron chi connectivity index (χ2n) is 8.63. The molecule has 1 aliphatic rings. The molecule has 1 saturated heterocycles. The molecule has 1 aromatic carbocycles. The number of ether oxygens (including phenoxy) is 1. The Morgan fingerprint density at radius 2 is 1.97 bits per heavy atom. The van der Waals surface area contributed by atoms with Gasteiger partial charge in [0.1, 0.15) is 0 Å². The van der Waals surface area contributed by atoms with Gasteiger partial charge in [0.25, 0.3) is 11.5 Å². The van der Waals surface area contributed by atoms with E-state index in [-0.39, 0.29) is 43.2 Å². The molecule has 0 amide bonds. The molecule has 10 heteroatoms. The van der Waals surface area contributed by atoms with Gasteiger partial charge in [-0.05, 0) is 37.6 Å². The molecule has 1 atom stereocenters. The lowest BCUT2D eigenvalue weighted by molar-refractivity contribution is -0.0223. The van der Waals surface area contributed by atoms with Gasteiger partial charge in [0.05, 0.1) is 29.7 Å². The number of piperidine rings is 1. The summed E-state index contributed by atoms with van der Waals surface area (Å²) in [6.45, 7) is 4.01. The number of methoxy groups -OCH3 is 1. The third kappa shape index (κ3) is 4.44. The fourth-order valence-corrected chi connectivity index (χ4v) is 4.28. The molecule has 1 N–H and O–H groups in total. The summed E-state index contributed by atoms with van der Waals surface area (Å²) in [5.41, 5.74) is 2.50. The largest absolute Gasteiger partial charge is 0.464 e. The van der Waals surface area contributed by atoms with Crippen LogP contribution in [0.2, 0.25) is 0 Å². The first-order valence-corrected chi connectivity index (χ1v) is 11.0. The van der Waals surface area contributed by atoms with Gasteiger partial charge in [-0.3, -0.25) is 9.36 Å². The highest BCUT2D eigenvalue weighted by atomic mass is 19.3. The number of rotatable bonds is 5. The number of hydrogen-bond acceptors (Lipinski definition) is 7. The van der Waals surface area contributed by atoms with Crippen molar-refractivity contribution in [1.29, 1.82) is 0 Å². The normalized spacial score (nSPS) is 16.4. The van der Waals surface area contributed by atoms with Crippen LogP contribution in [-0.4, -0.2) is 46.6 Å². The SMILES string of the molecule is COC(=O)c1ncccc1N[C@H](C)c1cc(C)cc2c(=O)n(C)c(N3CCC(F)(F)CC3)nc12. The fraction of sp³-hybridized carbons (Fsp3) is 0.417. The van der Waals surface area contributed by atoms with E-state index in [9.17, 15) is 18.4 Å². The number of aryl methyl sites for hydroxylation is 1. The zero-order valence-electron chi connectivity index (χ0n) is 19.6. The number of carbonyl (C=O) groups is 1. The lowest BCUT2D eigenvalue weighted by Gasteiger charge is -2.33. The van der Waals surface area contributed by atoms with E-state index in [0.717, 1.165) is 11.1 Å². The van der Waals surface area contributed by atoms with Gasteiger partial charge in [0.2, 0.25) is 5.95 Å². The van der Waals surface area contributed by atoms with Crippen molar-refractivity contribution in [1.82, 2.24) is 14.5 Å². The Morgan fingerprint density at radius 1 is 1.26 bits per heavy atom. The van der Waals surface area contributed by atoms with Crippen molar-refractivity contribution in [3.8, 4) is 0 Å². The number of fused-ring (bicyclic) bond motifs is 1. The number of aromatic nitrogens is 3. The number of carbonyl (C=O) groups excluding carboxylic acids is 1. The third-order valence-corrected chi connectivity index (χ3v) is 6.13. The Morgan fingerprint density at radius 3 is 2.65 bits per heavy atom. The maximum absolute atomic E-state index is 13.7. The summed E-state index contributed by atoms with van der Waals surface area (Å²) in [6, 6.07) is 6.77. The third-order valence-electron chi connectivity index (χ3n) is 6.13. The van der Waals surface area contributed by atoms with Crippen LogP contribution >= 0.6 is 0 Å². The second kappa shape index (κ2) is 9.00. The Kier molecular flexibility index (Phi) is 6.24. The fourth-order valence-electron chi connectivity index (χ4n) is 4.28. The van der Waals surface area contributed by atoms with E-state index < -0.39 is 11.9 Å². The first-order chi connectivity index (χ1) is 16.1. The van der Waals surface area contributed by atoms with Gasteiger partial charge in [0.15, 0.2) is 5.69 Å². The van der Waals surface area contributed by atoms with Crippen LogP contribution in [0.15, 0.2) is 35.3 Å². The van der Waals surface area contributed by atoms with Crippen molar-refractivity contribution in [2.24, 2.45) is 7.05 Å². The maximum atomic E-state index is 13.7. The Bertz CT molecular complexity index is 1300. The summed E-state index contributed by atoms with van der Waals surface area (Å²) in [5.74, 6) is -2.91. The number of alkyl halides is 2. The molecule has 0 aliphatic carbocycles. The molecule has 180 valence electrons. The minimum absolute atomic E-state index is 0.117. The Balaban J connectivity index is 1.78. The Labute approximate surface area is 195 Å². The van der Waals surface area contributed by atoms with Crippen LogP contribution in [0, 0.1) is 6.92 Å². The van der Waals surface area contributed by atoms with Crippen molar-refractivity contribution in [3.63, 3.8) is 0 Å². The van der Waals surface area contributed by atoms with Crippen molar-refractivity contribution < 1.29 is 18.3 Å². The van der Waals surface area contributed by atoms with E-state index >= 15 is 0 Å². The molecule has 3 aromatic rings. The molecule has 8 nitrogen and oxygen atoms in total. The summed E-state index contributed by atoms with van der Waals surface area (Å²) >= 11 is 0. The number of pyridine rings is 1. The van der Waals surface area contributed by atoms with Crippen LogP contribution in [-0.2, 0) is 11.8 Å². The molecule has 0 saturated carbocycles. The van der Waals surface area contributed by atoms with Gasteiger partial charge in [0, 0.05) is 44.7 Å². The van der Waals surface area contributed by atoms with Crippen molar-refractivity contribution >= 4 is 28.5 Å². The molecule has 0 radical (unpaired) electrons. The maximum Gasteiger partial charge on any atom is 0.358 e. The first-order valence-electron chi connectivity index (χ1n) is 11.0. The van der Waals surface area contributed by atoms with Gasteiger partial charge >= 0.3 is 5.97 Å². The lowest BCUT2D eigenvalue weighted by atomic mass is 10.0. The number of esters is 1. The van der Waals surface area contributed by atoms with Gasteiger partial charge in [-0.15, -0.1) is 0 Å². The van der Waals surface area contributed by atoms with Crippen molar-refractivity contribution in [3.05, 3.63) is 57.6 Å². The number of hydrogen-bond donors (Lipinski definition) is 1. The minimum Gasteiger partial charge on any atom is -0.464 e. The Hall–Kier alpha value is -3.56. The molecule has 3 heterocycles. The first kappa shape index (κ1) is 23.6. The predicted octanol–water partition coefficient (Wildman–Crippen LogP) is 3.83. The standard InChI is InChI=1S/C24H27F2N5O3/c1-14-12-16(15(2)28-18-6-5-9-27-20(18)22(33)34-4)19-17(13-14)21(32)30(3)23(29-19)31-10-7-24(25,26)8-11-31/h5-6,9,12-13,15,28H,7-8,10-11H2,1-4H3/t15-/m1/s1. The monoisotopic (exact) mass is 471 g/mol. The van der Waals surface area contributed by atoms with Gasteiger partial charge < -0.3 is 15.0 Å². The highest BCUT2D eigenvalue weighted by Gasteiger charge is 2.35. The van der Waals surface area contributed by atoms with Crippen molar-refractivity contribution in [2.45, 2.75) is 38.7 Å². The summed E-state index contributed by atoms with van der Waals surface area (Å²) in [4.78, 5) is 36.0. The van der Waals surface area contributed by atoms with Crippen LogP contribution in [0.4, 0.5) is 20.4 Å². The molecule has 1 fully saturated rings. The van der Waals surface area contributed by atoms with Gasteiger partial charge in [-0.25, -0.2) is 23.5 Å². The average Bonchev–Trinajstić information content (AvgIpc) is 2.81. The molecule has 2 aromatic heterocycles. The lowest BCUT2D eigenvalue weighted by Crippen LogP contribution is -2.42. The molecule has 1 aliphatic heterocycles. The van der Waals surface area contributed by atoms with Crippen LogP contribution in [0.3, 0.4) is 0 Å². The zero-order chi connectivity index (χ0) is 24.6. The quantitative estimate of drug-likeness (QED) is 0.566. The summed E-state index contributed by atoms with van der Waals surface area (Å²) in [6.07, 6.45) is 0.942. The zero-order valence-corrected chi connectivity index (χ0v) is 19.6. The second-order valence-corrected chi connectivity index (χ2v) is 8.63. The van der Waals surface area contributed by atoms with E-state index in [2.05, 4.69) is 10.3 Å². The molecule has 34 heavy (non-hydrogen) atoms. The number of nitrogens with one attached hydrogen (secondary N) is 1. The molecule has 0 unspecified atom stereocenters. The van der Waals surface area contributed by atoms with Gasteiger partial charge in [-0.2, -0.15) is 0 Å². The molecular weight excluding hydrogens is 444 g/mol. The number of benzene rings is 1. The molecule has 0 spiro atoms. The van der Waals surface area contributed by atoms with Crippen LogP contribution in [0.1, 0.15) is 47.4 Å². The molecule has 0 bridgehead atoms. The number of nitrogens with zero attached hydrogens (tertiary/aromatic N) is 4. The number of anilines is 2. The highest BCUT2D eigenvalue weighted by molar-refractivity contribution is 5.93. The molecular formula is C24H27F2N5O3. The van der Waals surface area contributed by atoms with E-state index in [4.69, 9.17) is 9.72 Å². The van der Waals surface area contributed by atoms with Gasteiger partial charge in [-0.1, -0.05) is 6.07 Å². The van der Waals surface area contributed by atoms with Crippen LogP contribution in [0.25, 0.3) is 10.9 Å². The summed E-state index contributed by atoms with van der Waals surface area (Å²) < 4.78 is 33.6. The predicted molar refractivity (Wildman–Crippen MR) is 126 cm³/mol. The van der Waals surface area contributed by atoms with E-state index in [1.165, 1.54) is 17.9 Å². The number of halogens is 2. The molecule has 4 rings (SSSR count). The topological polar surface area (TPSA) is 89.3 Å². The average molecular weight is 472 g/mol. The summed E-state index contributed by atoms with van der Waals surface area (Å²) in [5, 5.41) is 3.72.